The molecule has 0 bridgehead atoms. The van der Waals surface area contributed by atoms with Crippen molar-refractivity contribution >= 4 is 43.8 Å². The van der Waals surface area contributed by atoms with Gasteiger partial charge in [-0.1, -0.05) is 24.0 Å². The van der Waals surface area contributed by atoms with Crippen molar-refractivity contribution in [2.24, 2.45) is 0 Å². The first kappa shape index (κ1) is 15.9. The van der Waals surface area contributed by atoms with Crippen LogP contribution in [0.2, 0.25) is 0 Å². The molecule has 0 aromatic heterocycles. The van der Waals surface area contributed by atoms with Crippen LogP contribution in [0.25, 0.3) is 0 Å². The smallest absolute Gasteiger partial charge is 0.284 e. The largest absolute Gasteiger partial charge is 0.363 e. The third-order valence-electron chi connectivity index (χ3n) is 2.12. The number of hydrogen-bond acceptors (Lipinski definition) is 6. The van der Waals surface area contributed by atoms with Gasteiger partial charge in [-0.15, -0.1) is 0 Å². The summed E-state index contributed by atoms with van der Waals surface area (Å²) in [6.45, 7) is 0. The van der Waals surface area contributed by atoms with Crippen LogP contribution >= 0.6 is 24.0 Å². The fraction of sp³-hybridized carbons (Fsp3) is 0.300. The number of nitro benzene ring substituents is 1. The van der Waals surface area contributed by atoms with Gasteiger partial charge in [0.15, 0.2) is 9.84 Å². The van der Waals surface area contributed by atoms with Crippen LogP contribution < -0.4 is 0 Å². The van der Waals surface area contributed by atoms with Crippen LogP contribution in [0.4, 0.5) is 5.69 Å². The molecule has 6 nitrogen and oxygen atoms in total. The highest BCUT2D eigenvalue weighted by atomic mass is 32.2. The number of rotatable bonds is 3. The summed E-state index contributed by atoms with van der Waals surface area (Å²) >= 11 is 6.11. The molecule has 0 heterocycles. The lowest BCUT2D eigenvalue weighted by atomic mass is 10.3. The van der Waals surface area contributed by atoms with Crippen molar-refractivity contribution in [1.29, 1.82) is 0 Å². The Morgan fingerprint density at radius 1 is 1.42 bits per heavy atom. The number of benzene rings is 1. The van der Waals surface area contributed by atoms with Gasteiger partial charge in [-0.25, -0.2) is 8.42 Å². The Kier molecular flexibility index (Phi) is 4.88. The minimum Gasteiger partial charge on any atom is -0.363 e. The summed E-state index contributed by atoms with van der Waals surface area (Å²) in [5.74, 6) is 0. The Hall–Kier alpha value is -1.19. The van der Waals surface area contributed by atoms with E-state index in [1.54, 1.807) is 19.0 Å². The van der Waals surface area contributed by atoms with Crippen molar-refractivity contribution in [3.63, 3.8) is 0 Å². The summed E-state index contributed by atoms with van der Waals surface area (Å²) in [7, 11) is -0.0209. The Morgan fingerprint density at radius 2 is 2.00 bits per heavy atom. The van der Waals surface area contributed by atoms with Crippen LogP contribution in [0, 0.1) is 10.1 Å². The number of thiocarbonyl (C=S) groups is 1. The summed E-state index contributed by atoms with van der Waals surface area (Å²) in [4.78, 5) is 12.3. The molecule has 0 aliphatic carbocycles. The second kappa shape index (κ2) is 5.85. The fourth-order valence-corrected chi connectivity index (χ4v) is 2.80. The number of nitrogens with zero attached hydrogens (tertiary/aromatic N) is 2. The first-order valence-electron chi connectivity index (χ1n) is 5.00. The van der Waals surface area contributed by atoms with Gasteiger partial charge in [-0.2, -0.15) is 0 Å². The van der Waals surface area contributed by atoms with Crippen LogP contribution in [0.5, 0.6) is 0 Å². The van der Waals surface area contributed by atoms with E-state index in [-0.39, 0.29) is 10.6 Å². The molecule has 1 rings (SSSR count). The second-order valence-corrected chi connectivity index (χ2v) is 7.61. The predicted molar refractivity (Wildman–Crippen MR) is 78.3 cm³/mol. The van der Waals surface area contributed by atoms with E-state index in [0.717, 1.165) is 24.1 Å². The van der Waals surface area contributed by atoms with Crippen LogP contribution in [0.3, 0.4) is 0 Å². The van der Waals surface area contributed by atoms with E-state index in [9.17, 15) is 18.5 Å². The lowest BCUT2D eigenvalue weighted by Gasteiger charge is -2.12. The molecule has 0 atom stereocenters. The molecule has 0 radical (unpaired) electrons. The molecule has 0 unspecified atom stereocenters. The first-order valence-corrected chi connectivity index (χ1v) is 8.12. The number of nitro groups is 1. The Labute approximate surface area is 120 Å². The second-order valence-electron chi connectivity index (χ2n) is 3.92. The number of thioether (sulfide) groups is 1. The van der Waals surface area contributed by atoms with Crippen LogP contribution in [0.1, 0.15) is 0 Å². The van der Waals surface area contributed by atoms with E-state index >= 15 is 0 Å². The summed E-state index contributed by atoms with van der Waals surface area (Å²) in [6, 6.07) is 3.79. The Bertz CT molecular complexity index is 626. The third kappa shape index (κ3) is 4.15. The van der Waals surface area contributed by atoms with Crippen molar-refractivity contribution in [3.05, 3.63) is 28.3 Å². The van der Waals surface area contributed by atoms with Gasteiger partial charge in [0.1, 0.15) is 4.32 Å². The number of hydrogen-bond donors (Lipinski definition) is 0. The van der Waals surface area contributed by atoms with Crippen molar-refractivity contribution in [3.8, 4) is 0 Å². The van der Waals surface area contributed by atoms with Crippen molar-refractivity contribution in [1.82, 2.24) is 4.90 Å². The van der Waals surface area contributed by atoms with Gasteiger partial charge in [0.25, 0.3) is 5.69 Å². The molecule has 9 heteroatoms. The van der Waals surface area contributed by atoms with Crippen LogP contribution in [-0.4, -0.2) is 42.9 Å². The molecule has 0 N–H and O–H groups in total. The molecule has 0 aliphatic heterocycles. The van der Waals surface area contributed by atoms with E-state index in [0.29, 0.717) is 9.22 Å². The van der Waals surface area contributed by atoms with E-state index in [1.165, 1.54) is 12.1 Å². The first-order chi connectivity index (χ1) is 8.62. The van der Waals surface area contributed by atoms with E-state index in [1.807, 2.05) is 0 Å². The average molecular weight is 320 g/mol. The summed E-state index contributed by atoms with van der Waals surface area (Å²) in [5, 5.41) is 11.0. The molecule has 1 aromatic carbocycles. The molecule has 0 spiro atoms. The molecule has 0 amide bonds. The molecule has 0 fully saturated rings. The lowest BCUT2D eigenvalue weighted by Crippen LogP contribution is -2.16. The summed E-state index contributed by atoms with van der Waals surface area (Å²) in [6.07, 6.45) is 1.00. The summed E-state index contributed by atoms with van der Waals surface area (Å²) < 4.78 is 23.2. The molecule has 0 saturated heterocycles. The highest BCUT2D eigenvalue weighted by Crippen LogP contribution is 2.32. The quantitative estimate of drug-likeness (QED) is 0.364. The van der Waals surface area contributed by atoms with E-state index < -0.39 is 14.8 Å². The molecule has 0 saturated carbocycles. The fourth-order valence-electron chi connectivity index (χ4n) is 1.14. The van der Waals surface area contributed by atoms with Crippen LogP contribution in [0.15, 0.2) is 28.0 Å². The average Bonchev–Trinajstić information content (AvgIpc) is 2.27. The van der Waals surface area contributed by atoms with Crippen LogP contribution in [-0.2, 0) is 9.84 Å². The molecular weight excluding hydrogens is 308 g/mol. The highest BCUT2D eigenvalue weighted by Gasteiger charge is 2.20. The zero-order valence-electron chi connectivity index (χ0n) is 10.5. The topological polar surface area (TPSA) is 80.5 Å². The maximum absolute atomic E-state index is 11.4. The van der Waals surface area contributed by atoms with Gasteiger partial charge in [-0.3, -0.25) is 10.1 Å². The van der Waals surface area contributed by atoms with Gasteiger partial charge in [0, 0.05) is 26.4 Å². The summed E-state index contributed by atoms with van der Waals surface area (Å²) in [5.41, 5.74) is -0.267. The minimum absolute atomic E-state index is 0.0840. The molecule has 19 heavy (non-hydrogen) atoms. The highest BCUT2D eigenvalue weighted by molar-refractivity contribution is 8.23. The standard InChI is InChI=1S/C10H12N2O4S3/c1-11(2)10(17)18-9-5-4-7(19(3,15)16)6-8(9)12(13)14/h4-6H,1-3H3. The van der Waals surface area contributed by atoms with E-state index in [2.05, 4.69) is 0 Å². The third-order valence-corrected chi connectivity index (χ3v) is 4.95. The minimum atomic E-state index is -3.48. The maximum atomic E-state index is 11.4. The molecular formula is C10H12N2O4S3. The monoisotopic (exact) mass is 320 g/mol. The maximum Gasteiger partial charge on any atom is 0.284 e. The molecule has 1 aromatic rings. The molecule has 0 aliphatic rings. The van der Waals surface area contributed by atoms with Gasteiger partial charge in [-0.05, 0) is 12.1 Å². The predicted octanol–water partition coefficient (Wildman–Crippen LogP) is 1.94. The lowest BCUT2D eigenvalue weighted by molar-refractivity contribution is -0.387. The van der Waals surface area contributed by atoms with Crippen molar-refractivity contribution < 1.29 is 13.3 Å². The SMILES string of the molecule is CN(C)C(=S)Sc1ccc(S(C)(=O)=O)cc1[N+](=O)[O-]. The molecule has 104 valence electrons. The van der Waals surface area contributed by atoms with Gasteiger partial charge in [0.2, 0.25) is 0 Å². The normalized spacial score (nSPS) is 11.1. The van der Waals surface area contributed by atoms with Gasteiger partial charge >= 0.3 is 0 Å². The number of sulfone groups is 1. The van der Waals surface area contributed by atoms with Gasteiger partial charge < -0.3 is 4.90 Å². The van der Waals surface area contributed by atoms with Crippen molar-refractivity contribution in [2.45, 2.75) is 9.79 Å². The van der Waals surface area contributed by atoms with Crippen molar-refractivity contribution in [2.75, 3.05) is 20.4 Å². The Morgan fingerprint density at radius 3 is 2.42 bits per heavy atom. The van der Waals surface area contributed by atoms with Gasteiger partial charge in [0.05, 0.1) is 14.7 Å². The zero-order chi connectivity index (χ0) is 14.8. The van der Waals surface area contributed by atoms with E-state index in [4.69, 9.17) is 12.2 Å². The zero-order valence-corrected chi connectivity index (χ0v) is 12.9. The Balaban J connectivity index is 3.27.